The van der Waals surface area contributed by atoms with Crippen LogP contribution >= 0.6 is 22.9 Å². The van der Waals surface area contributed by atoms with Gasteiger partial charge in [0.1, 0.15) is 10.6 Å². The van der Waals surface area contributed by atoms with Crippen molar-refractivity contribution in [3.05, 3.63) is 57.2 Å². The molecule has 184 valence electrons. The molecule has 0 spiro atoms. The van der Waals surface area contributed by atoms with Crippen LogP contribution in [0.3, 0.4) is 0 Å². The number of nitrogens with one attached hydrogen (secondary N) is 1. The zero-order chi connectivity index (χ0) is 24.9. The van der Waals surface area contributed by atoms with Crippen LogP contribution in [0.15, 0.2) is 41.8 Å². The maximum absolute atomic E-state index is 13.9. The molecule has 1 aliphatic rings. The van der Waals surface area contributed by atoms with Crippen molar-refractivity contribution in [1.29, 1.82) is 0 Å². The number of hydrogen-bond donors (Lipinski definition) is 3. The normalized spacial score (nSPS) is 16.0. The zero-order valence-electron chi connectivity index (χ0n) is 18.9. The molecule has 5 N–H and O–H groups in total. The molecule has 3 heterocycles. The summed E-state index contributed by atoms with van der Waals surface area (Å²) in [6, 6.07) is 9.33. The fourth-order valence-corrected chi connectivity index (χ4v) is 5.36. The number of methoxy groups -OCH3 is 1. The zero-order valence-corrected chi connectivity index (χ0v) is 20.6. The van der Waals surface area contributed by atoms with Crippen LogP contribution in [0.5, 0.6) is 5.75 Å². The molecule has 35 heavy (non-hydrogen) atoms. The number of amides is 3. The van der Waals surface area contributed by atoms with Crippen molar-refractivity contribution in [1.82, 2.24) is 9.69 Å². The van der Waals surface area contributed by atoms with Gasteiger partial charge in [0.2, 0.25) is 5.91 Å². The Morgan fingerprint density at radius 2 is 2.06 bits per heavy atom. The second-order valence-electron chi connectivity index (χ2n) is 7.81. The number of rotatable bonds is 9. The minimum absolute atomic E-state index is 0.0168. The molecule has 0 saturated carbocycles. The molecule has 1 fully saturated rings. The van der Waals surface area contributed by atoms with Crippen molar-refractivity contribution >= 4 is 52.0 Å². The first-order chi connectivity index (χ1) is 16.9. The molecule has 0 unspecified atom stereocenters. The number of aromatic nitrogens is 1. The lowest BCUT2D eigenvalue weighted by atomic mass is 10.1. The first-order valence-electron chi connectivity index (χ1n) is 10.9. The molecule has 0 bridgehead atoms. The number of benzene rings is 1. The summed E-state index contributed by atoms with van der Waals surface area (Å²) >= 11 is 2.11. The lowest BCUT2D eigenvalue weighted by molar-refractivity contribution is -0.122. The largest absolute Gasteiger partial charge is 0.497 e. The van der Waals surface area contributed by atoms with Gasteiger partial charge in [-0.25, -0.2) is 0 Å². The van der Waals surface area contributed by atoms with Crippen LogP contribution < -0.4 is 26.4 Å². The van der Waals surface area contributed by atoms with E-state index in [-0.39, 0.29) is 28.3 Å². The lowest BCUT2D eigenvalue weighted by Crippen LogP contribution is -2.45. The third-order valence-corrected chi connectivity index (χ3v) is 7.35. The highest BCUT2D eigenvalue weighted by molar-refractivity contribution is 7.10. The van der Waals surface area contributed by atoms with Crippen LogP contribution in [0, 0.1) is 0 Å². The van der Waals surface area contributed by atoms with Gasteiger partial charge < -0.3 is 26.3 Å². The van der Waals surface area contributed by atoms with Gasteiger partial charge in [0, 0.05) is 23.7 Å². The molecule has 2 atom stereocenters. The predicted octanol–water partition coefficient (Wildman–Crippen LogP) is 2.58. The highest BCUT2D eigenvalue weighted by Crippen LogP contribution is 2.35. The van der Waals surface area contributed by atoms with E-state index in [1.165, 1.54) is 23.3 Å². The SMILES string of the molecule is COc1ccc(N(C(=O)c2snc(C(N)=O)c2N)[C@H](C(=O)NC[C@H]2CCCO2)c2cccs2)cc1. The minimum Gasteiger partial charge on any atom is -0.497 e. The van der Waals surface area contributed by atoms with E-state index < -0.39 is 17.9 Å². The smallest absolute Gasteiger partial charge is 0.273 e. The maximum Gasteiger partial charge on any atom is 0.273 e. The Bertz CT molecular complexity index is 1190. The molecule has 1 aromatic carbocycles. The van der Waals surface area contributed by atoms with Gasteiger partial charge in [-0.15, -0.1) is 11.3 Å². The fraction of sp³-hybridized carbons (Fsp3) is 0.304. The van der Waals surface area contributed by atoms with E-state index in [0.717, 1.165) is 24.4 Å². The van der Waals surface area contributed by atoms with Gasteiger partial charge in [0.25, 0.3) is 11.8 Å². The first kappa shape index (κ1) is 24.6. The summed E-state index contributed by atoms with van der Waals surface area (Å²) in [6.07, 6.45) is 1.74. The summed E-state index contributed by atoms with van der Waals surface area (Å²) in [5.41, 5.74) is 11.6. The lowest BCUT2D eigenvalue weighted by Gasteiger charge is -2.30. The number of ether oxygens (including phenoxy) is 2. The van der Waals surface area contributed by atoms with Gasteiger partial charge in [0.05, 0.1) is 18.9 Å². The Labute approximate surface area is 210 Å². The quantitative estimate of drug-likeness (QED) is 0.396. The molecular weight excluding hydrogens is 490 g/mol. The number of nitrogens with two attached hydrogens (primary N) is 2. The summed E-state index contributed by atoms with van der Waals surface area (Å²) in [7, 11) is 1.54. The van der Waals surface area contributed by atoms with Crippen molar-refractivity contribution in [2.24, 2.45) is 5.73 Å². The third kappa shape index (κ3) is 5.29. The van der Waals surface area contributed by atoms with Gasteiger partial charge in [0.15, 0.2) is 11.7 Å². The van der Waals surface area contributed by atoms with E-state index >= 15 is 0 Å². The number of carbonyl (C=O) groups excluding carboxylic acids is 3. The molecule has 0 radical (unpaired) electrons. The number of thiophene rings is 1. The molecule has 2 aromatic heterocycles. The summed E-state index contributed by atoms with van der Waals surface area (Å²) in [5.74, 6) is -1.20. The summed E-state index contributed by atoms with van der Waals surface area (Å²) in [6.45, 7) is 0.998. The Hall–Kier alpha value is -3.48. The number of hydrogen-bond acceptors (Lipinski definition) is 9. The highest BCUT2D eigenvalue weighted by atomic mass is 32.1. The Balaban J connectivity index is 1.76. The Morgan fingerprint density at radius 3 is 2.63 bits per heavy atom. The third-order valence-electron chi connectivity index (χ3n) is 5.57. The van der Waals surface area contributed by atoms with E-state index in [1.54, 1.807) is 30.3 Å². The average Bonchev–Trinajstić information content (AvgIpc) is 3.63. The predicted molar refractivity (Wildman–Crippen MR) is 134 cm³/mol. The van der Waals surface area contributed by atoms with Gasteiger partial charge >= 0.3 is 0 Å². The van der Waals surface area contributed by atoms with E-state index in [9.17, 15) is 14.4 Å². The van der Waals surface area contributed by atoms with Crippen molar-refractivity contribution in [3.8, 4) is 5.75 Å². The van der Waals surface area contributed by atoms with Crippen LogP contribution in [0.2, 0.25) is 0 Å². The molecule has 4 rings (SSSR count). The van der Waals surface area contributed by atoms with Crippen molar-refractivity contribution in [2.75, 3.05) is 30.9 Å². The molecule has 1 saturated heterocycles. The Kier molecular flexibility index (Phi) is 7.63. The van der Waals surface area contributed by atoms with Gasteiger partial charge in [-0.2, -0.15) is 4.37 Å². The second-order valence-corrected chi connectivity index (χ2v) is 9.56. The number of carbonyl (C=O) groups is 3. The number of anilines is 2. The molecular formula is C23H25N5O5S2. The van der Waals surface area contributed by atoms with Crippen LogP contribution in [-0.2, 0) is 9.53 Å². The van der Waals surface area contributed by atoms with Crippen molar-refractivity contribution in [2.45, 2.75) is 25.0 Å². The topological polar surface area (TPSA) is 150 Å². The van der Waals surface area contributed by atoms with Gasteiger partial charge in [-0.1, -0.05) is 6.07 Å². The molecule has 12 heteroatoms. The number of nitrogen functional groups attached to an aromatic ring is 1. The fourth-order valence-electron chi connectivity index (χ4n) is 3.80. The van der Waals surface area contributed by atoms with E-state index in [0.29, 0.717) is 29.5 Å². The van der Waals surface area contributed by atoms with E-state index in [1.807, 2.05) is 11.4 Å². The molecule has 0 aliphatic carbocycles. The number of nitrogens with zero attached hydrogens (tertiary/aromatic N) is 2. The number of primary amides is 1. The Morgan fingerprint density at radius 1 is 1.29 bits per heavy atom. The average molecular weight is 516 g/mol. The molecule has 3 amide bonds. The van der Waals surface area contributed by atoms with Gasteiger partial charge in [-0.3, -0.25) is 19.3 Å². The first-order valence-corrected chi connectivity index (χ1v) is 12.5. The summed E-state index contributed by atoms with van der Waals surface area (Å²) in [4.78, 5) is 41.2. The van der Waals surface area contributed by atoms with E-state index in [2.05, 4.69) is 9.69 Å². The van der Waals surface area contributed by atoms with Gasteiger partial charge in [-0.05, 0) is 60.1 Å². The summed E-state index contributed by atoms with van der Waals surface area (Å²) in [5, 5.41) is 4.77. The van der Waals surface area contributed by atoms with Crippen molar-refractivity contribution in [3.63, 3.8) is 0 Å². The van der Waals surface area contributed by atoms with Crippen LogP contribution in [0.4, 0.5) is 11.4 Å². The van der Waals surface area contributed by atoms with Crippen LogP contribution in [0.25, 0.3) is 0 Å². The van der Waals surface area contributed by atoms with Crippen LogP contribution in [-0.4, -0.2) is 48.5 Å². The standard InChI is InChI=1S/C23H25N5O5S2/c1-32-14-8-6-13(7-9-14)28(23(31)20-17(24)18(21(25)29)27-35-20)19(16-5-3-11-34-16)22(30)26-12-15-4-2-10-33-15/h3,5-9,11,15,19H,2,4,10,12,24H2,1H3,(H2,25,29)(H,26,30)/t15-,19+/m1/s1. The highest BCUT2D eigenvalue weighted by Gasteiger charge is 2.37. The van der Waals surface area contributed by atoms with Crippen LogP contribution in [0.1, 0.15) is 43.9 Å². The second kappa shape index (κ2) is 10.8. The molecule has 3 aromatic rings. The molecule has 1 aliphatic heterocycles. The van der Waals surface area contributed by atoms with E-state index in [4.69, 9.17) is 20.9 Å². The monoisotopic (exact) mass is 515 g/mol. The molecule has 10 nitrogen and oxygen atoms in total. The summed E-state index contributed by atoms with van der Waals surface area (Å²) < 4.78 is 14.8. The minimum atomic E-state index is -1.00. The van der Waals surface area contributed by atoms with Crippen molar-refractivity contribution < 1.29 is 23.9 Å². The maximum atomic E-state index is 13.9.